The summed E-state index contributed by atoms with van der Waals surface area (Å²) in [5, 5.41) is 0. The Balaban J connectivity index is 0.000000980. The van der Waals surface area contributed by atoms with Crippen LogP contribution in [0, 0.1) is 0 Å². The third-order valence-corrected chi connectivity index (χ3v) is 7.22. The average molecular weight is 475 g/mol. The van der Waals surface area contributed by atoms with E-state index in [1.54, 1.807) is 0 Å². The van der Waals surface area contributed by atoms with Crippen LogP contribution < -0.4 is 29.7 Å². The summed E-state index contributed by atoms with van der Waals surface area (Å²) in [4.78, 5) is 5.13. The minimum atomic E-state index is 0. The van der Waals surface area contributed by atoms with Crippen molar-refractivity contribution in [2.75, 3.05) is 4.90 Å². The van der Waals surface area contributed by atoms with Gasteiger partial charge in [0.1, 0.15) is 0 Å². The van der Waals surface area contributed by atoms with Gasteiger partial charge in [-0.1, -0.05) is 0 Å². The molecule has 0 saturated carbocycles. The fraction of sp³-hybridized carbons (Fsp3) is 0.0476. The van der Waals surface area contributed by atoms with E-state index in [-0.39, 0.29) is 24.8 Å². The van der Waals surface area contributed by atoms with Crippen molar-refractivity contribution in [3.63, 3.8) is 0 Å². The second kappa shape index (κ2) is 7.94. The van der Waals surface area contributed by atoms with E-state index in [2.05, 4.69) is 83.8 Å². The van der Waals surface area contributed by atoms with Crippen molar-refractivity contribution in [2.45, 2.75) is 13.4 Å². The number of anilines is 2. The Labute approximate surface area is 185 Å². The molecule has 0 fully saturated rings. The molecule has 0 saturated heterocycles. The molecule has 2 aliphatic rings. The van der Waals surface area contributed by atoms with E-state index < -0.39 is 0 Å². The zero-order valence-corrected chi connectivity index (χ0v) is 18.5. The number of rotatable bonds is 1. The van der Waals surface area contributed by atoms with Crippen LogP contribution in [0.5, 0.6) is 0 Å². The van der Waals surface area contributed by atoms with Gasteiger partial charge in [-0.15, -0.1) is 0 Å². The average Bonchev–Trinajstić information content (AvgIpc) is 2.96. The van der Waals surface area contributed by atoms with E-state index in [4.69, 9.17) is 0 Å². The van der Waals surface area contributed by atoms with Crippen molar-refractivity contribution in [2.24, 2.45) is 0 Å². The van der Waals surface area contributed by atoms with Gasteiger partial charge >= 0.3 is 162 Å². The molecule has 1 nitrogen and oxygen atoms in total. The minimum absolute atomic E-state index is 0. The van der Waals surface area contributed by atoms with Crippen LogP contribution in [0.3, 0.4) is 0 Å². The molecule has 0 N–H and O–H groups in total. The number of benzene rings is 3. The van der Waals surface area contributed by atoms with Gasteiger partial charge in [0, 0.05) is 0 Å². The van der Waals surface area contributed by atoms with Crippen molar-refractivity contribution in [1.82, 2.24) is 0 Å². The first-order valence-corrected chi connectivity index (χ1v) is 10.2. The quantitative estimate of drug-likeness (QED) is 0.487. The second-order valence-corrected chi connectivity index (χ2v) is 8.51. The summed E-state index contributed by atoms with van der Waals surface area (Å²) in [5.74, 6) is 0. The first kappa shape index (κ1) is 19.8. The van der Waals surface area contributed by atoms with Gasteiger partial charge < -0.3 is 24.8 Å². The van der Waals surface area contributed by atoms with Crippen molar-refractivity contribution in [3.05, 3.63) is 89.6 Å². The van der Waals surface area contributed by atoms with E-state index in [0.29, 0.717) is 3.63 Å². The molecule has 0 amide bonds. The molecule has 5 rings (SSSR count). The summed E-state index contributed by atoms with van der Waals surface area (Å²) in [5.41, 5.74) is 6.82. The van der Waals surface area contributed by atoms with Crippen molar-refractivity contribution in [3.8, 4) is 0 Å². The molecule has 3 aromatic carbocycles. The van der Waals surface area contributed by atoms with Crippen molar-refractivity contribution < 1.29 is 49.5 Å². The summed E-state index contributed by atoms with van der Waals surface area (Å²) in [7, 11) is 0. The maximum absolute atomic E-state index is 2.47. The molecular formula is C21H14Cl2NSZr. The van der Waals surface area contributed by atoms with Crippen LogP contribution in [0.2, 0.25) is 0 Å². The van der Waals surface area contributed by atoms with E-state index >= 15 is 0 Å². The van der Waals surface area contributed by atoms with Crippen LogP contribution in [0.4, 0.5) is 11.4 Å². The van der Waals surface area contributed by atoms with Gasteiger partial charge in [0.2, 0.25) is 0 Å². The zero-order valence-electron chi connectivity index (χ0n) is 13.7. The van der Waals surface area contributed by atoms with E-state index in [1.165, 1.54) is 62.7 Å². The Bertz CT molecular complexity index is 944. The fourth-order valence-electron chi connectivity index (χ4n) is 3.48. The molecule has 0 spiro atoms. The number of hydrogen-bond donors (Lipinski definition) is 0. The van der Waals surface area contributed by atoms with Crippen LogP contribution in [0.1, 0.15) is 14.8 Å². The Kier molecular flexibility index (Phi) is 6.04. The molecule has 1 aliphatic carbocycles. The number of fused-ring (bicyclic) bond motifs is 3. The third kappa shape index (κ3) is 3.10. The van der Waals surface area contributed by atoms with Crippen LogP contribution in [0.15, 0.2) is 88.3 Å². The molecule has 26 heavy (non-hydrogen) atoms. The standard InChI is InChI=1S/C21H14NS.2ClH.Zr/c1-2-8-16-14-17(13-15(16)7-1)22-18-9-3-5-11-20(18)23-21-12-6-4-10-19(21)22;;;/h1-14H;2*1H;/q;;;+2/p-2. The van der Waals surface area contributed by atoms with Gasteiger partial charge in [-0.05, 0) is 0 Å². The number of nitrogens with zero attached hydrogens (tertiary/aromatic N) is 1. The fourth-order valence-corrected chi connectivity index (χ4v) is 5.71. The van der Waals surface area contributed by atoms with Crippen LogP contribution in [-0.2, 0) is 24.7 Å². The first-order chi connectivity index (χ1) is 11.8. The van der Waals surface area contributed by atoms with Crippen LogP contribution in [-0.4, -0.2) is 0 Å². The Morgan fingerprint density at radius 3 is 1.88 bits per heavy atom. The van der Waals surface area contributed by atoms with Gasteiger partial charge in [0.15, 0.2) is 0 Å². The molecular weight excluding hydrogens is 460 g/mol. The van der Waals surface area contributed by atoms with E-state index in [0.717, 1.165) is 0 Å². The summed E-state index contributed by atoms with van der Waals surface area (Å²) in [6.45, 7) is 0. The van der Waals surface area contributed by atoms with Crippen LogP contribution in [0.25, 0.3) is 6.08 Å². The molecule has 1 unspecified atom stereocenters. The maximum atomic E-state index is 2.47. The predicted molar refractivity (Wildman–Crippen MR) is 96.3 cm³/mol. The summed E-state index contributed by atoms with van der Waals surface area (Å²) < 4.78 is 0.484. The molecule has 1 heterocycles. The molecule has 1 atom stereocenters. The molecule has 0 radical (unpaired) electrons. The molecule has 5 heteroatoms. The van der Waals surface area contributed by atoms with Gasteiger partial charge in [-0.3, -0.25) is 0 Å². The number of para-hydroxylation sites is 2. The van der Waals surface area contributed by atoms with Crippen molar-refractivity contribution in [1.29, 1.82) is 0 Å². The van der Waals surface area contributed by atoms with Crippen molar-refractivity contribution >= 4 is 29.2 Å². The Morgan fingerprint density at radius 2 is 1.27 bits per heavy atom. The second-order valence-electron chi connectivity index (χ2n) is 6.00. The number of halogens is 2. The summed E-state index contributed by atoms with van der Waals surface area (Å²) in [6, 6.07) is 26.3. The zero-order chi connectivity index (χ0) is 16.1. The molecule has 0 aromatic heterocycles. The molecule has 1 aliphatic heterocycles. The number of hydrogen-bond acceptors (Lipinski definition) is 2. The monoisotopic (exact) mass is 472 g/mol. The molecule has 3 aromatic rings. The third-order valence-electron chi connectivity index (χ3n) is 4.60. The first-order valence-electron chi connectivity index (χ1n) is 8.00. The van der Waals surface area contributed by atoms with Crippen LogP contribution >= 0.6 is 11.8 Å². The van der Waals surface area contributed by atoms with E-state index in [1.807, 2.05) is 11.8 Å². The van der Waals surface area contributed by atoms with E-state index in [9.17, 15) is 0 Å². The number of allylic oxidation sites excluding steroid dienone is 1. The molecule has 0 bridgehead atoms. The predicted octanol–water partition coefficient (Wildman–Crippen LogP) is -0.0601. The summed E-state index contributed by atoms with van der Waals surface area (Å²) in [6.07, 6.45) is 2.37. The van der Waals surface area contributed by atoms with Gasteiger partial charge in [0.25, 0.3) is 0 Å². The van der Waals surface area contributed by atoms with Gasteiger partial charge in [0.05, 0.1) is 0 Å². The SMILES string of the molecule is [Cl-].[Cl-].[Zr+2][CH]1C(N2c3ccccc3Sc3ccccc32)=Cc2ccccc21. The van der Waals surface area contributed by atoms with Gasteiger partial charge in [-0.25, -0.2) is 0 Å². The van der Waals surface area contributed by atoms with Gasteiger partial charge in [-0.2, -0.15) is 0 Å². The normalized spacial score (nSPS) is 16.5. The Morgan fingerprint density at radius 1 is 0.731 bits per heavy atom. The molecule has 127 valence electrons. The summed E-state index contributed by atoms with van der Waals surface area (Å²) >= 11 is 3.40. The topological polar surface area (TPSA) is 3.24 Å². The Hall–Kier alpha value is -0.987.